The van der Waals surface area contributed by atoms with Crippen LogP contribution in [0.2, 0.25) is 0 Å². The van der Waals surface area contributed by atoms with Gasteiger partial charge in [0.2, 0.25) is 0 Å². The highest BCUT2D eigenvalue weighted by Gasteiger charge is 2.10. The molecule has 0 fully saturated rings. The molecule has 0 spiro atoms. The first-order valence-corrected chi connectivity index (χ1v) is 8.43. The van der Waals surface area contributed by atoms with Crippen molar-refractivity contribution in [2.45, 2.75) is 26.7 Å². The van der Waals surface area contributed by atoms with Crippen molar-refractivity contribution < 1.29 is 4.79 Å². The molecule has 0 atom stereocenters. The van der Waals surface area contributed by atoms with Gasteiger partial charge in [-0.2, -0.15) is 0 Å². The number of aromatic nitrogens is 2. The van der Waals surface area contributed by atoms with Gasteiger partial charge in [0.15, 0.2) is 11.5 Å². The van der Waals surface area contributed by atoms with Gasteiger partial charge in [0.05, 0.1) is 0 Å². The fourth-order valence-corrected chi connectivity index (χ4v) is 2.32. The lowest BCUT2D eigenvalue weighted by Crippen LogP contribution is -2.21. The minimum absolute atomic E-state index is 0.262. The van der Waals surface area contributed by atoms with Crippen LogP contribution >= 0.6 is 15.9 Å². The van der Waals surface area contributed by atoms with Gasteiger partial charge in [-0.15, -0.1) is 10.2 Å². The van der Waals surface area contributed by atoms with Crippen molar-refractivity contribution in [2.75, 3.05) is 23.8 Å². The normalized spacial score (nSPS) is 10.4. The molecule has 23 heavy (non-hydrogen) atoms. The average molecular weight is 377 g/mol. The van der Waals surface area contributed by atoms with Crippen molar-refractivity contribution in [1.82, 2.24) is 10.2 Å². The molecule has 122 valence electrons. The number of anilines is 2. The molecule has 0 aliphatic rings. The summed E-state index contributed by atoms with van der Waals surface area (Å²) in [5.74, 6) is 0.511. The van der Waals surface area contributed by atoms with Gasteiger partial charge < -0.3 is 10.2 Å². The molecule has 0 saturated carbocycles. The van der Waals surface area contributed by atoms with Crippen LogP contribution in [0.1, 0.15) is 35.8 Å². The second kappa shape index (κ2) is 8.06. The van der Waals surface area contributed by atoms with Crippen LogP contribution in [0.3, 0.4) is 0 Å². The van der Waals surface area contributed by atoms with E-state index < -0.39 is 0 Å². The number of carbonyl (C=O) groups is 1. The van der Waals surface area contributed by atoms with E-state index in [1.165, 1.54) is 0 Å². The summed E-state index contributed by atoms with van der Waals surface area (Å²) in [4.78, 5) is 14.3. The number of unbranched alkanes of at least 4 members (excludes halogenated alkanes) is 1. The Morgan fingerprint density at radius 2 is 2.04 bits per heavy atom. The first-order valence-electron chi connectivity index (χ1n) is 7.63. The molecule has 5 nitrogen and oxygen atoms in total. The molecule has 1 aromatic carbocycles. The van der Waals surface area contributed by atoms with E-state index in [2.05, 4.69) is 38.4 Å². The predicted molar refractivity (Wildman–Crippen MR) is 97.0 cm³/mol. The van der Waals surface area contributed by atoms with Gasteiger partial charge in [-0.1, -0.05) is 29.3 Å². The Morgan fingerprint density at radius 1 is 1.26 bits per heavy atom. The molecular formula is C17H21BrN4O. The fraction of sp³-hybridized carbons (Fsp3) is 0.353. The van der Waals surface area contributed by atoms with Crippen molar-refractivity contribution in [2.24, 2.45) is 0 Å². The SMILES string of the molecule is CCCCN(C)c1ccc(C(=O)Nc2ccc(Br)c(C)c2)nn1. The van der Waals surface area contributed by atoms with Gasteiger partial charge in [-0.05, 0) is 49.2 Å². The van der Waals surface area contributed by atoms with Crippen molar-refractivity contribution in [3.05, 3.63) is 46.1 Å². The quantitative estimate of drug-likeness (QED) is 0.826. The third-order valence-electron chi connectivity index (χ3n) is 3.54. The summed E-state index contributed by atoms with van der Waals surface area (Å²) < 4.78 is 1.01. The maximum absolute atomic E-state index is 12.2. The van der Waals surface area contributed by atoms with Crippen LogP contribution in [0.4, 0.5) is 11.5 Å². The van der Waals surface area contributed by atoms with E-state index in [0.717, 1.165) is 40.9 Å². The smallest absolute Gasteiger partial charge is 0.276 e. The highest BCUT2D eigenvalue weighted by molar-refractivity contribution is 9.10. The first kappa shape index (κ1) is 17.4. The minimum atomic E-state index is -0.262. The van der Waals surface area contributed by atoms with Crippen LogP contribution in [0.15, 0.2) is 34.8 Å². The maximum Gasteiger partial charge on any atom is 0.276 e. The average Bonchev–Trinajstić information content (AvgIpc) is 2.56. The van der Waals surface area contributed by atoms with Crippen LogP contribution in [-0.2, 0) is 0 Å². The van der Waals surface area contributed by atoms with E-state index in [4.69, 9.17) is 0 Å². The van der Waals surface area contributed by atoms with Crippen molar-refractivity contribution in [3.8, 4) is 0 Å². The third kappa shape index (κ3) is 4.76. The highest BCUT2D eigenvalue weighted by Crippen LogP contribution is 2.20. The Kier molecular flexibility index (Phi) is 6.10. The Bertz CT molecular complexity index is 673. The van der Waals surface area contributed by atoms with Crippen molar-refractivity contribution >= 4 is 33.3 Å². The van der Waals surface area contributed by atoms with E-state index >= 15 is 0 Å². The Balaban J connectivity index is 2.03. The maximum atomic E-state index is 12.2. The topological polar surface area (TPSA) is 58.1 Å². The number of nitrogens with zero attached hydrogens (tertiary/aromatic N) is 3. The predicted octanol–water partition coefficient (Wildman–Crippen LogP) is 4.04. The molecule has 0 saturated heterocycles. The molecule has 0 radical (unpaired) electrons. The molecule has 1 heterocycles. The van der Waals surface area contributed by atoms with Crippen LogP contribution in [-0.4, -0.2) is 29.7 Å². The summed E-state index contributed by atoms with van der Waals surface area (Å²) >= 11 is 3.44. The van der Waals surface area contributed by atoms with Gasteiger partial charge in [0.1, 0.15) is 0 Å². The monoisotopic (exact) mass is 376 g/mol. The van der Waals surface area contributed by atoms with Crippen LogP contribution in [0.5, 0.6) is 0 Å². The molecule has 2 aromatic rings. The Labute approximate surface area is 145 Å². The zero-order valence-corrected chi connectivity index (χ0v) is 15.2. The van der Waals surface area contributed by atoms with Gasteiger partial charge >= 0.3 is 0 Å². The Morgan fingerprint density at radius 3 is 2.65 bits per heavy atom. The lowest BCUT2D eigenvalue weighted by atomic mass is 10.2. The molecular weight excluding hydrogens is 356 g/mol. The number of benzene rings is 1. The number of nitrogens with one attached hydrogen (secondary N) is 1. The summed E-state index contributed by atoms with van der Waals surface area (Å²) in [6, 6.07) is 9.18. The lowest BCUT2D eigenvalue weighted by Gasteiger charge is -2.16. The van der Waals surface area contributed by atoms with Gasteiger partial charge in [0, 0.05) is 23.8 Å². The van der Waals surface area contributed by atoms with Crippen molar-refractivity contribution in [1.29, 1.82) is 0 Å². The number of amides is 1. The second-order valence-electron chi connectivity index (χ2n) is 5.47. The number of halogens is 1. The van der Waals surface area contributed by atoms with E-state index in [1.807, 2.05) is 43.1 Å². The molecule has 0 unspecified atom stereocenters. The van der Waals surface area contributed by atoms with E-state index in [0.29, 0.717) is 5.69 Å². The second-order valence-corrected chi connectivity index (χ2v) is 6.32. The van der Waals surface area contributed by atoms with Crippen LogP contribution in [0.25, 0.3) is 0 Å². The number of aryl methyl sites for hydroxylation is 1. The summed E-state index contributed by atoms with van der Waals surface area (Å²) in [5.41, 5.74) is 2.10. The molecule has 6 heteroatoms. The number of hydrogen-bond acceptors (Lipinski definition) is 4. The standard InChI is InChI=1S/C17H21BrN4O/c1-4-5-10-22(3)16-9-8-15(20-21-16)17(23)19-13-6-7-14(18)12(2)11-13/h6-9,11H,4-5,10H2,1-3H3,(H,19,23). The number of hydrogen-bond donors (Lipinski definition) is 1. The molecule has 2 rings (SSSR count). The molecule has 1 N–H and O–H groups in total. The van der Waals surface area contributed by atoms with Gasteiger partial charge in [0.25, 0.3) is 5.91 Å². The van der Waals surface area contributed by atoms with Crippen molar-refractivity contribution in [3.63, 3.8) is 0 Å². The van der Waals surface area contributed by atoms with Crippen LogP contribution < -0.4 is 10.2 Å². The first-order chi connectivity index (χ1) is 11.0. The number of rotatable bonds is 6. The number of carbonyl (C=O) groups excluding carboxylic acids is 1. The largest absolute Gasteiger partial charge is 0.358 e. The highest BCUT2D eigenvalue weighted by atomic mass is 79.9. The van der Waals surface area contributed by atoms with Gasteiger partial charge in [-0.25, -0.2) is 0 Å². The Hall–Kier alpha value is -1.95. The molecule has 1 amide bonds. The summed E-state index contributed by atoms with van der Waals surface area (Å²) in [6.07, 6.45) is 2.23. The van der Waals surface area contributed by atoms with E-state index in [1.54, 1.807) is 6.07 Å². The zero-order chi connectivity index (χ0) is 16.8. The summed E-state index contributed by atoms with van der Waals surface area (Å²) in [6.45, 7) is 5.05. The molecule has 1 aromatic heterocycles. The zero-order valence-electron chi connectivity index (χ0n) is 13.6. The lowest BCUT2D eigenvalue weighted by molar-refractivity contribution is 0.102. The molecule has 0 aliphatic heterocycles. The third-order valence-corrected chi connectivity index (χ3v) is 4.43. The minimum Gasteiger partial charge on any atom is -0.358 e. The van der Waals surface area contributed by atoms with E-state index in [9.17, 15) is 4.79 Å². The fourth-order valence-electron chi connectivity index (χ4n) is 2.08. The van der Waals surface area contributed by atoms with Gasteiger partial charge in [-0.3, -0.25) is 4.79 Å². The van der Waals surface area contributed by atoms with Crippen LogP contribution in [0, 0.1) is 6.92 Å². The molecule has 0 aliphatic carbocycles. The summed E-state index contributed by atoms with van der Waals surface area (Å²) in [7, 11) is 1.98. The van der Waals surface area contributed by atoms with E-state index in [-0.39, 0.29) is 5.91 Å². The summed E-state index contributed by atoms with van der Waals surface area (Å²) in [5, 5.41) is 11.0. The molecule has 0 bridgehead atoms.